The van der Waals surface area contributed by atoms with Crippen LogP contribution >= 0.6 is 11.8 Å². The van der Waals surface area contributed by atoms with Gasteiger partial charge in [-0.15, -0.1) is 10.2 Å². The second-order valence-corrected chi connectivity index (χ2v) is 10.9. The summed E-state index contributed by atoms with van der Waals surface area (Å²) in [6.45, 7) is 5.72. The number of hydrogen-bond acceptors (Lipinski definition) is 7. The van der Waals surface area contributed by atoms with Crippen molar-refractivity contribution in [2.75, 3.05) is 24.2 Å². The molecule has 1 atom stereocenters. The van der Waals surface area contributed by atoms with Crippen molar-refractivity contribution < 1.29 is 26.4 Å². The third-order valence-corrected chi connectivity index (χ3v) is 8.33. The molecule has 0 aliphatic carbocycles. The average Bonchev–Trinajstić information content (AvgIpc) is 3.19. The van der Waals surface area contributed by atoms with E-state index < -0.39 is 32.9 Å². The molecule has 2 aromatic carbocycles. The predicted octanol–water partition coefficient (Wildman–Crippen LogP) is 3.83. The molecule has 3 N–H and O–H groups in total. The van der Waals surface area contributed by atoms with Crippen molar-refractivity contribution in [3.8, 4) is 11.4 Å². The molecule has 1 amide bonds. The van der Waals surface area contributed by atoms with Crippen LogP contribution in [0.1, 0.15) is 26.3 Å². The van der Waals surface area contributed by atoms with E-state index in [1.807, 2.05) is 0 Å². The van der Waals surface area contributed by atoms with E-state index in [1.165, 1.54) is 28.6 Å². The number of benzene rings is 2. The summed E-state index contributed by atoms with van der Waals surface area (Å²) in [5.41, 5.74) is -0.186. The highest BCUT2D eigenvalue weighted by atomic mass is 32.2. The zero-order valence-corrected chi connectivity index (χ0v) is 21.3. The number of nitrogens with one attached hydrogen (secondary N) is 1. The molecule has 0 spiro atoms. The monoisotopic (exact) mass is 542 g/mol. The van der Waals surface area contributed by atoms with Crippen LogP contribution in [0.3, 0.4) is 0 Å². The van der Waals surface area contributed by atoms with Crippen molar-refractivity contribution in [1.29, 1.82) is 0 Å². The lowest BCUT2D eigenvalue weighted by Crippen LogP contribution is -2.30. The smallest absolute Gasteiger partial charge is 0.335 e. The average molecular weight is 543 g/mol. The SMILES string of the molecule is CCN(CC)S(=O)(=O)c1cccc(-c2nnc(SC(C)C(=O)Nc3ccc(C(F)(F)F)cc3)n2N)c1. The van der Waals surface area contributed by atoms with Crippen molar-refractivity contribution in [1.82, 2.24) is 19.2 Å². The number of hydrogen-bond donors (Lipinski definition) is 2. The molecule has 9 nitrogen and oxygen atoms in total. The molecule has 3 rings (SSSR count). The third-order valence-electron chi connectivity index (χ3n) is 5.23. The summed E-state index contributed by atoms with van der Waals surface area (Å²) in [6, 6.07) is 10.3. The number of sulfonamides is 1. The lowest BCUT2D eigenvalue weighted by molar-refractivity contribution is -0.137. The Morgan fingerprint density at radius 3 is 2.36 bits per heavy atom. The zero-order chi connectivity index (χ0) is 26.7. The molecule has 1 aromatic heterocycles. The van der Waals surface area contributed by atoms with Crippen LogP contribution in [0.5, 0.6) is 0 Å². The molecule has 0 saturated carbocycles. The number of alkyl halides is 3. The Kier molecular flexibility index (Phi) is 8.31. The Hall–Kier alpha value is -3.10. The van der Waals surface area contributed by atoms with Crippen LogP contribution < -0.4 is 11.2 Å². The third kappa shape index (κ3) is 5.99. The molecule has 1 heterocycles. The van der Waals surface area contributed by atoms with E-state index in [4.69, 9.17) is 5.84 Å². The first kappa shape index (κ1) is 27.5. The summed E-state index contributed by atoms with van der Waals surface area (Å²) in [4.78, 5) is 12.6. The molecule has 0 saturated heterocycles. The van der Waals surface area contributed by atoms with E-state index in [-0.39, 0.29) is 21.6 Å². The Morgan fingerprint density at radius 1 is 1.14 bits per heavy atom. The first-order valence-electron chi connectivity index (χ1n) is 10.8. The number of aromatic nitrogens is 3. The van der Waals surface area contributed by atoms with Crippen molar-refractivity contribution in [2.24, 2.45) is 0 Å². The maximum atomic E-state index is 12.9. The zero-order valence-electron chi connectivity index (χ0n) is 19.7. The molecule has 0 aliphatic rings. The van der Waals surface area contributed by atoms with Gasteiger partial charge in [0, 0.05) is 24.3 Å². The summed E-state index contributed by atoms with van der Waals surface area (Å²) in [5.74, 6) is 5.86. The normalized spacial score (nSPS) is 13.1. The fourth-order valence-corrected chi connectivity index (χ4v) is 5.54. The lowest BCUT2D eigenvalue weighted by Gasteiger charge is -2.18. The number of carbonyl (C=O) groups is 1. The number of carbonyl (C=O) groups excluding carboxylic acids is 1. The van der Waals surface area contributed by atoms with Gasteiger partial charge in [0.15, 0.2) is 5.82 Å². The first-order valence-corrected chi connectivity index (χ1v) is 13.2. The maximum Gasteiger partial charge on any atom is 0.416 e. The number of nitrogens with zero attached hydrogens (tertiary/aromatic N) is 4. The van der Waals surface area contributed by atoms with Gasteiger partial charge in [-0.2, -0.15) is 17.5 Å². The van der Waals surface area contributed by atoms with Gasteiger partial charge in [0.05, 0.1) is 15.7 Å². The number of anilines is 1. The maximum absolute atomic E-state index is 12.9. The second-order valence-electron chi connectivity index (χ2n) is 7.62. The van der Waals surface area contributed by atoms with Gasteiger partial charge >= 0.3 is 6.18 Å². The first-order chi connectivity index (χ1) is 16.9. The summed E-state index contributed by atoms with van der Waals surface area (Å²) < 4.78 is 66.3. The molecule has 194 valence electrons. The fourth-order valence-electron chi connectivity index (χ4n) is 3.26. The van der Waals surface area contributed by atoms with Crippen molar-refractivity contribution in [3.05, 3.63) is 54.1 Å². The Labute approximate surface area is 210 Å². The summed E-state index contributed by atoms with van der Waals surface area (Å²) in [7, 11) is -3.69. The molecule has 0 aliphatic heterocycles. The molecule has 14 heteroatoms. The predicted molar refractivity (Wildman–Crippen MR) is 131 cm³/mol. The molecular weight excluding hydrogens is 517 g/mol. The number of nitrogens with two attached hydrogens (primary N) is 1. The topological polar surface area (TPSA) is 123 Å². The van der Waals surface area contributed by atoms with Gasteiger partial charge in [-0.05, 0) is 43.3 Å². The summed E-state index contributed by atoms with van der Waals surface area (Å²) in [6.07, 6.45) is -4.47. The molecule has 0 fully saturated rings. The Balaban J connectivity index is 1.74. The van der Waals surface area contributed by atoms with Crippen LogP contribution in [0, 0.1) is 0 Å². The summed E-state index contributed by atoms with van der Waals surface area (Å²) >= 11 is 0.988. The van der Waals surface area contributed by atoms with Crippen LogP contribution in [-0.4, -0.2) is 51.8 Å². The van der Waals surface area contributed by atoms with Crippen molar-refractivity contribution in [3.63, 3.8) is 0 Å². The van der Waals surface area contributed by atoms with Gasteiger partial charge in [0.2, 0.25) is 21.1 Å². The van der Waals surface area contributed by atoms with Crippen LogP contribution in [0.2, 0.25) is 0 Å². The molecular formula is C22H25F3N6O3S2. The van der Waals surface area contributed by atoms with E-state index in [0.717, 1.165) is 28.6 Å². The van der Waals surface area contributed by atoms with Crippen LogP contribution in [0.25, 0.3) is 11.4 Å². The Bertz CT molecular complexity index is 1320. The lowest BCUT2D eigenvalue weighted by atomic mass is 10.2. The van der Waals surface area contributed by atoms with Crippen LogP contribution in [-0.2, 0) is 21.0 Å². The van der Waals surface area contributed by atoms with E-state index in [1.54, 1.807) is 32.9 Å². The highest BCUT2D eigenvalue weighted by molar-refractivity contribution is 8.00. The van der Waals surface area contributed by atoms with Gasteiger partial charge in [-0.1, -0.05) is 37.7 Å². The van der Waals surface area contributed by atoms with Crippen molar-refractivity contribution >= 4 is 33.4 Å². The fraction of sp³-hybridized carbons (Fsp3) is 0.318. The minimum Gasteiger partial charge on any atom is -0.335 e. The molecule has 0 bridgehead atoms. The standard InChI is InChI=1S/C22H25F3N6O3S2/c1-4-30(5-2)36(33,34)18-8-6-7-15(13-18)19-28-29-21(31(19)26)35-14(3)20(32)27-17-11-9-16(10-12-17)22(23,24)25/h6-14H,4-5,26H2,1-3H3,(H,27,32). The van der Waals surface area contributed by atoms with Crippen LogP contribution in [0.4, 0.5) is 18.9 Å². The minimum atomic E-state index is -4.47. The number of halogens is 3. The summed E-state index contributed by atoms with van der Waals surface area (Å²) in [5, 5.41) is 10.1. The highest BCUT2D eigenvalue weighted by Gasteiger charge is 2.30. The van der Waals surface area contributed by atoms with E-state index >= 15 is 0 Å². The van der Waals surface area contributed by atoms with Gasteiger partial charge in [0.25, 0.3) is 0 Å². The molecule has 3 aromatic rings. The van der Waals surface area contributed by atoms with Gasteiger partial charge in [-0.3, -0.25) is 4.79 Å². The van der Waals surface area contributed by atoms with E-state index in [2.05, 4.69) is 15.5 Å². The number of nitrogen functional groups attached to an aromatic ring is 1. The van der Waals surface area contributed by atoms with Gasteiger partial charge < -0.3 is 11.2 Å². The minimum absolute atomic E-state index is 0.0881. The quantitative estimate of drug-likeness (QED) is 0.311. The second kappa shape index (κ2) is 10.9. The van der Waals surface area contributed by atoms with Gasteiger partial charge in [-0.25, -0.2) is 13.1 Å². The number of thioether (sulfide) groups is 1. The number of amides is 1. The molecule has 1 unspecified atom stereocenters. The number of rotatable bonds is 9. The van der Waals surface area contributed by atoms with E-state index in [9.17, 15) is 26.4 Å². The largest absolute Gasteiger partial charge is 0.416 e. The molecule has 36 heavy (non-hydrogen) atoms. The van der Waals surface area contributed by atoms with Crippen LogP contribution in [0.15, 0.2) is 58.6 Å². The van der Waals surface area contributed by atoms with E-state index in [0.29, 0.717) is 18.7 Å². The highest BCUT2D eigenvalue weighted by Crippen LogP contribution is 2.30. The molecule has 0 radical (unpaired) electrons. The van der Waals surface area contributed by atoms with Crippen molar-refractivity contribution in [2.45, 2.75) is 42.2 Å². The Morgan fingerprint density at radius 2 is 1.78 bits per heavy atom. The van der Waals surface area contributed by atoms with Gasteiger partial charge in [0.1, 0.15) is 0 Å².